The number of benzene rings is 1. The molecule has 1 aromatic carbocycles. The van der Waals surface area contributed by atoms with Crippen molar-refractivity contribution in [1.82, 2.24) is 4.90 Å². The van der Waals surface area contributed by atoms with Gasteiger partial charge >= 0.3 is 0 Å². The van der Waals surface area contributed by atoms with Crippen LogP contribution >= 0.6 is 0 Å². The maximum Gasteiger partial charge on any atom is 0.221 e. The van der Waals surface area contributed by atoms with Crippen molar-refractivity contribution in [2.75, 3.05) is 13.2 Å². The summed E-state index contributed by atoms with van der Waals surface area (Å²) in [5, 5.41) is 19.7. The largest absolute Gasteiger partial charge is 0.395 e. The van der Waals surface area contributed by atoms with E-state index in [0.29, 0.717) is 6.42 Å². The lowest BCUT2D eigenvalue weighted by Gasteiger charge is -2.31. The Bertz CT molecular complexity index is 480. The normalized spacial score (nSPS) is 27.0. The molecule has 0 spiro atoms. The second kappa shape index (κ2) is 7.72. The Balaban J connectivity index is 1.98. The maximum absolute atomic E-state index is 11.5. The van der Waals surface area contributed by atoms with Crippen LogP contribution in [0.4, 0.5) is 0 Å². The fourth-order valence-electron chi connectivity index (χ4n) is 3.36. The third-order valence-corrected chi connectivity index (χ3v) is 4.72. The van der Waals surface area contributed by atoms with Gasteiger partial charge in [-0.15, -0.1) is 0 Å². The molecule has 5 nitrogen and oxygen atoms in total. The minimum absolute atomic E-state index is 0.0968. The predicted molar refractivity (Wildman–Crippen MR) is 85.1 cm³/mol. The Morgan fingerprint density at radius 2 is 2.09 bits per heavy atom. The molecule has 0 radical (unpaired) electrons. The Kier molecular flexibility index (Phi) is 5.94. The van der Waals surface area contributed by atoms with Gasteiger partial charge in [0.25, 0.3) is 0 Å². The van der Waals surface area contributed by atoms with Crippen molar-refractivity contribution in [3.63, 3.8) is 0 Å². The van der Waals surface area contributed by atoms with Gasteiger partial charge in [-0.25, -0.2) is 0 Å². The van der Waals surface area contributed by atoms with Gasteiger partial charge in [0, 0.05) is 6.04 Å². The molecule has 0 aliphatic carbocycles. The summed E-state index contributed by atoms with van der Waals surface area (Å²) in [5.74, 6) is -0.688. The van der Waals surface area contributed by atoms with Crippen molar-refractivity contribution in [1.29, 1.82) is 0 Å². The van der Waals surface area contributed by atoms with Crippen LogP contribution in [-0.2, 0) is 11.2 Å². The van der Waals surface area contributed by atoms with Crippen molar-refractivity contribution in [2.24, 2.45) is 11.7 Å². The smallest absolute Gasteiger partial charge is 0.221 e. The van der Waals surface area contributed by atoms with Gasteiger partial charge in [-0.05, 0) is 31.4 Å². The van der Waals surface area contributed by atoms with Crippen LogP contribution in [0.3, 0.4) is 0 Å². The third kappa shape index (κ3) is 3.85. The van der Waals surface area contributed by atoms with Crippen LogP contribution in [-0.4, -0.2) is 52.4 Å². The molecule has 1 heterocycles. The van der Waals surface area contributed by atoms with Crippen molar-refractivity contribution in [3.05, 3.63) is 35.9 Å². The second-order valence-electron chi connectivity index (χ2n) is 6.14. The molecule has 4 atom stereocenters. The van der Waals surface area contributed by atoms with E-state index < -0.39 is 6.10 Å². The molecular formula is C17H26N2O3. The summed E-state index contributed by atoms with van der Waals surface area (Å²) < 4.78 is 0. The van der Waals surface area contributed by atoms with E-state index in [-0.39, 0.29) is 30.5 Å². The van der Waals surface area contributed by atoms with Crippen LogP contribution in [0.5, 0.6) is 0 Å². The van der Waals surface area contributed by atoms with Crippen LogP contribution in [0.15, 0.2) is 30.3 Å². The minimum atomic E-state index is -0.603. The summed E-state index contributed by atoms with van der Waals surface area (Å²) in [5.41, 5.74) is 6.69. The number of nitrogens with zero attached hydrogens (tertiary/aromatic N) is 1. The highest BCUT2D eigenvalue weighted by Crippen LogP contribution is 2.29. The number of primary amides is 1. The number of carbonyl (C=O) groups excluding carboxylic acids is 1. The third-order valence-electron chi connectivity index (χ3n) is 4.72. The first-order valence-corrected chi connectivity index (χ1v) is 7.92. The number of carbonyl (C=O) groups is 1. The van der Waals surface area contributed by atoms with E-state index in [1.165, 1.54) is 5.56 Å². The molecule has 122 valence electrons. The molecule has 1 saturated heterocycles. The van der Waals surface area contributed by atoms with Gasteiger partial charge in [-0.1, -0.05) is 37.3 Å². The fraction of sp³-hybridized carbons (Fsp3) is 0.588. The van der Waals surface area contributed by atoms with Gasteiger partial charge in [0.05, 0.1) is 24.7 Å². The first-order valence-electron chi connectivity index (χ1n) is 7.92. The molecule has 1 aromatic rings. The average molecular weight is 306 g/mol. The minimum Gasteiger partial charge on any atom is -0.395 e. The zero-order valence-corrected chi connectivity index (χ0v) is 13.1. The zero-order valence-electron chi connectivity index (χ0n) is 13.1. The van der Waals surface area contributed by atoms with Gasteiger partial charge in [0.1, 0.15) is 0 Å². The molecule has 4 unspecified atom stereocenters. The number of hydrogen-bond donors (Lipinski definition) is 3. The molecular weight excluding hydrogens is 280 g/mol. The summed E-state index contributed by atoms with van der Waals surface area (Å²) in [6, 6.07) is 9.81. The number of aliphatic hydroxyl groups excluding tert-OH is 2. The number of hydrogen-bond acceptors (Lipinski definition) is 4. The molecule has 2 rings (SSSR count). The summed E-state index contributed by atoms with van der Waals surface area (Å²) in [4.78, 5) is 13.5. The van der Waals surface area contributed by atoms with Crippen molar-refractivity contribution in [3.8, 4) is 0 Å². The molecule has 0 saturated carbocycles. The number of nitrogens with two attached hydrogens (primary N) is 1. The van der Waals surface area contributed by atoms with Gasteiger partial charge < -0.3 is 15.9 Å². The number of aryl methyl sites for hydroxylation is 1. The van der Waals surface area contributed by atoms with E-state index in [1.54, 1.807) is 6.92 Å². The molecule has 1 fully saturated rings. The van der Waals surface area contributed by atoms with Crippen molar-refractivity contribution < 1.29 is 15.0 Å². The highest BCUT2D eigenvalue weighted by atomic mass is 16.3. The Hall–Kier alpha value is -1.43. The van der Waals surface area contributed by atoms with E-state index in [0.717, 1.165) is 19.4 Å². The SMILES string of the molecule is CC(C(N)=O)C1CC(O)C(CO)N1CCCc1ccccc1. The highest BCUT2D eigenvalue weighted by Gasteiger charge is 2.43. The molecule has 0 aromatic heterocycles. The highest BCUT2D eigenvalue weighted by molar-refractivity contribution is 5.77. The number of aliphatic hydroxyl groups is 2. The van der Waals surface area contributed by atoms with E-state index >= 15 is 0 Å². The predicted octanol–water partition coefficient (Wildman–Crippen LogP) is 0.537. The summed E-state index contributed by atoms with van der Waals surface area (Å²) in [6.07, 6.45) is 1.73. The standard InChI is InChI=1S/C17H26N2O3/c1-12(17(18)22)14-10-16(21)15(11-20)19(14)9-5-8-13-6-3-2-4-7-13/h2-4,6-7,12,14-16,20-21H,5,8-11H2,1H3,(H2,18,22). The number of likely N-dealkylation sites (tertiary alicyclic amines) is 1. The first-order chi connectivity index (χ1) is 10.5. The van der Waals surface area contributed by atoms with Gasteiger partial charge in [0.15, 0.2) is 0 Å². The summed E-state index contributed by atoms with van der Waals surface area (Å²) >= 11 is 0. The van der Waals surface area contributed by atoms with Crippen molar-refractivity contribution >= 4 is 5.91 Å². The topological polar surface area (TPSA) is 86.8 Å². The van der Waals surface area contributed by atoms with Crippen LogP contribution in [0.2, 0.25) is 0 Å². The second-order valence-corrected chi connectivity index (χ2v) is 6.14. The summed E-state index contributed by atoms with van der Waals surface area (Å²) in [6.45, 7) is 2.43. The van der Waals surface area contributed by atoms with Gasteiger partial charge in [0.2, 0.25) is 5.91 Å². The molecule has 5 heteroatoms. The van der Waals surface area contributed by atoms with E-state index in [4.69, 9.17) is 5.73 Å². The monoisotopic (exact) mass is 306 g/mol. The first kappa shape index (κ1) is 16.9. The van der Waals surface area contributed by atoms with Crippen molar-refractivity contribution in [2.45, 2.75) is 44.4 Å². The summed E-state index contributed by atoms with van der Waals surface area (Å²) in [7, 11) is 0. The Morgan fingerprint density at radius 3 is 2.68 bits per heavy atom. The number of amides is 1. The lowest BCUT2D eigenvalue weighted by Crippen LogP contribution is -2.46. The molecule has 1 aliphatic heterocycles. The maximum atomic E-state index is 11.5. The molecule has 0 bridgehead atoms. The molecule has 22 heavy (non-hydrogen) atoms. The zero-order chi connectivity index (χ0) is 16.1. The van der Waals surface area contributed by atoms with Crippen LogP contribution < -0.4 is 5.73 Å². The molecule has 4 N–H and O–H groups in total. The van der Waals surface area contributed by atoms with Crippen LogP contribution in [0, 0.1) is 5.92 Å². The lowest BCUT2D eigenvalue weighted by molar-refractivity contribution is -0.123. The van der Waals surface area contributed by atoms with Crippen LogP contribution in [0.1, 0.15) is 25.3 Å². The van der Waals surface area contributed by atoms with Crippen LogP contribution in [0.25, 0.3) is 0 Å². The van der Waals surface area contributed by atoms with Gasteiger partial charge in [-0.2, -0.15) is 0 Å². The van der Waals surface area contributed by atoms with Gasteiger partial charge in [-0.3, -0.25) is 9.69 Å². The van der Waals surface area contributed by atoms with E-state index in [1.807, 2.05) is 18.2 Å². The fourth-order valence-corrected chi connectivity index (χ4v) is 3.36. The molecule has 1 amide bonds. The average Bonchev–Trinajstić information content (AvgIpc) is 2.83. The van der Waals surface area contributed by atoms with E-state index in [2.05, 4.69) is 17.0 Å². The Labute approximate surface area is 131 Å². The quantitative estimate of drug-likeness (QED) is 0.686. The van der Waals surface area contributed by atoms with E-state index in [9.17, 15) is 15.0 Å². The molecule has 1 aliphatic rings. The lowest BCUT2D eigenvalue weighted by atomic mass is 9.98. The Morgan fingerprint density at radius 1 is 1.41 bits per heavy atom. The number of rotatable bonds is 7.